The lowest BCUT2D eigenvalue weighted by Crippen LogP contribution is -1.95. The summed E-state index contributed by atoms with van der Waals surface area (Å²) in [5, 5.41) is 0. The third-order valence-corrected chi connectivity index (χ3v) is 3.79. The van der Waals surface area contributed by atoms with Crippen LogP contribution in [-0.2, 0) is 0 Å². The van der Waals surface area contributed by atoms with Crippen LogP contribution in [0.3, 0.4) is 0 Å². The van der Waals surface area contributed by atoms with E-state index in [9.17, 15) is 0 Å². The summed E-state index contributed by atoms with van der Waals surface area (Å²) in [6, 6.07) is 13.1. The third-order valence-electron chi connectivity index (χ3n) is 3.79. The second-order valence-corrected chi connectivity index (χ2v) is 5.56. The molecule has 1 aromatic heterocycles. The van der Waals surface area contributed by atoms with E-state index < -0.39 is 0 Å². The molecule has 0 aliphatic rings. The Kier molecular flexibility index (Phi) is 4.36. The minimum Gasteiger partial charge on any atom is -0.260 e. The highest BCUT2D eigenvalue weighted by molar-refractivity contribution is 5.63. The number of rotatable bonds is 4. The largest absolute Gasteiger partial charge is 0.260 e. The van der Waals surface area contributed by atoms with Gasteiger partial charge in [0.2, 0.25) is 0 Å². The van der Waals surface area contributed by atoms with E-state index in [4.69, 9.17) is 0 Å². The van der Waals surface area contributed by atoms with Crippen LogP contribution in [0.15, 0.2) is 42.6 Å². The summed E-state index contributed by atoms with van der Waals surface area (Å²) in [5.74, 6) is 1.10. The van der Waals surface area contributed by atoms with Gasteiger partial charge in [-0.3, -0.25) is 4.98 Å². The van der Waals surface area contributed by atoms with Crippen LogP contribution >= 0.6 is 0 Å². The maximum atomic E-state index is 4.60. The smallest absolute Gasteiger partial charge is 0.0432 e. The Morgan fingerprint density at radius 3 is 2.37 bits per heavy atom. The van der Waals surface area contributed by atoms with Crippen molar-refractivity contribution in [2.24, 2.45) is 0 Å². The highest BCUT2D eigenvalue weighted by Gasteiger charge is 2.06. The minimum absolute atomic E-state index is 0.538. The summed E-state index contributed by atoms with van der Waals surface area (Å²) in [4.78, 5) is 4.60. The van der Waals surface area contributed by atoms with Crippen molar-refractivity contribution in [1.82, 2.24) is 4.98 Å². The summed E-state index contributed by atoms with van der Waals surface area (Å²) >= 11 is 0. The molecule has 1 unspecified atom stereocenters. The number of aromatic nitrogens is 1. The summed E-state index contributed by atoms with van der Waals surface area (Å²) in [6.45, 7) is 8.88. The van der Waals surface area contributed by atoms with E-state index >= 15 is 0 Å². The Morgan fingerprint density at radius 2 is 1.79 bits per heavy atom. The monoisotopic (exact) mass is 253 g/mol. The first-order valence-corrected chi connectivity index (χ1v) is 7.18. The van der Waals surface area contributed by atoms with Crippen LogP contribution < -0.4 is 0 Å². The van der Waals surface area contributed by atoms with Gasteiger partial charge < -0.3 is 0 Å². The molecule has 1 nitrogen and oxygen atoms in total. The van der Waals surface area contributed by atoms with Crippen LogP contribution in [0.2, 0.25) is 0 Å². The lowest BCUT2D eigenvalue weighted by Gasteiger charge is -2.10. The van der Waals surface area contributed by atoms with Crippen LogP contribution in [0, 0.1) is 0 Å². The van der Waals surface area contributed by atoms with Gasteiger partial charge >= 0.3 is 0 Å². The molecule has 2 aromatic rings. The molecule has 19 heavy (non-hydrogen) atoms. The van der Waals surface area contributed by atoms with Crippen molar-refractivity contribution in [3.63, 3.8) is 0 Å². The van der Waals surface area contributed by atoms with E-state index in [0.717, 1.165) is 6.42 Å². The van der Waals surface area contributed by atoms with E-state index in [1.54, 1.807) is 0 Å². The van der Waals surface area contributed by atoms with E-state index in [-0.39, 0.29) is 0 Å². The van der Waals surface area contributed by atoms with E-state index in [1.165, 1.54) is 22.4 Å². The SMILES string of the molecule is CCC(C)c1ccc(-c2cccc(C(C)C)c2)cn1. The molecule has 2 rings (SSSR count). The molecule has 0 spiro atoms. The maximum Gasteiger partial charge on any atom is 0.0432 e. The second kappa shape index (κ2) is 6.01. The van der Waals surface area contributed by atoms with Gasteiger partial charge in [0.25, 0.3) is 0 Å². The Balaban J connectivity index is 2.29. The first kappa shape index (κ1) is 13.8. The topological polar surface area (TPSA) is 12.9 Å². The van der Waals surface area contributed by atoms with Gasteiger partial charge in [0.1, 0.15) is 0 Å². The zero-order chi connectivity index (χ0) is 13.8. The van der Waals surface area contributed by atoms with Gasteiger partial charge in [0, 0.05) is 17.5 Å². The fourth-order valence-corrected chi connectivity index (χ4v) is 2.15. The molecular formula is C18H23N. The number of pyridine rings is 1. The average Bonchev–Trinajstić information content (AvgIpc) is 2.46. The zero-order valence-electron chi connectivity index (χ0n) is 12.4. The molecule has 0 radical (unpaired) electrons. The molecule has 0 fully saturated rings. The predicted octanol–water partition coefficient (Wildman–Crippen LogP) is 5.39. The molecule has 0 saturated heterocycles. The maximum absolute atomic E-state index is 4.60. The molecule has 0 saturated carbocycles. The normalized spacial score (nSPS) is 12.7. The molecule has 0 aliphatic carbocycles. The van der Waals surface area contributed by atoms with Gasteiger partial charge in [0.15, 0.2) is 0 Å². The van der Waals surface area contributed by atoms with Crippen LogP contribution in [0.4, 0.5) is 0 Å². The minimum atomic E-state index is 0.538. The summed E-state index contributed by atoms with van der Waals surface area (Å²) in [7, 11) is 0. The fourth-order valence-electron chi connectivity index (χ4n) is 2.15. The van der Waals surface area contributed by atoms with Crippen molar-refractivity contribution in [3.05, 3.63) is 53.9 Å². The van der Waals surface area contributed by atoms with Crippen LogP contribution in [-0.4, -0.2) is 4.98 Å². The molecule has 0 N–H and O–H groups in total. The lowest BCUT2D eigenvalue weighted by molar-refractivity contribution is 0.708. The molecule has 1 aromatic carbocycles. The van der Waals surface area contributed by atoms with Gasteiger partial charge in [-0.15, -0.1) is 0 Å². The van der Waals surface area contributed by atoms with Crippen molar-refractivity contribution >= 4 is 0 Å². The number of benzene rings is 1. The molecule has 1 atom stereocenters. The average molecular weight is 253 g/mol. The van der Waals surface area contributed by atoms with Crippen LogP contribution in [0.5, 0.6) is 0 Å². The number of hydrogen-bond donors (Lipinski definition) is 0. The predicted molar refractivity (Wildman–Crippen MR) is 82.5 cm³/mol. The standard InChI is InChI=1S/C18H23N/c1-5-14(4)18-10-9-17(12-19-18)16-8-6-7-15(11-16)13(2)3/h6-14H,5H2,1-4H3. The lowest BCUT2D eigenvalue weighted by atomic mass is 9.97. The first-order valence-electron chi connectivity index (χ1n) is 7.18. The van der Waals surface area contributed by atoms with Gasteiger partial charge in [-0.25, -0.2) is 0 Å². The van der Waals surface area contributed by atoms with Crippen molar-refractivity contribution in [3.8, 4) is 11.1 Å². The van der Waals surface area contributed by atoms with E-state index in [1.807, 2.05) is 6.20 Å². The van der Waals surface area contributed by atoms with Crippen molar-refractivity contribution in [1.29, 1.82) is 0 Å². The van der Waals surface area contributed by atoms with Crippen molar-refractivity contribution < 1.29 is 0 Å². The van der Waals surface area contributed by atoms with Gasteiger partial charge in [-0.05, 0) is 35.4 Å². The Labute approximate surface area is 116 Å². The molecule has 0 aliphatic heterocycles. The zero-order valence-corrected chi connectivity index (χ0v) is 12.4. The highest BCUT2D eigenvalue weighted by atomic mass is 14.7. The molecule has 0 bridgehead atoms. The van der Waals surface area contributed by atoms with E-state index in [2.05, 4.69) is 69.1 Å². The molecule has 100 valence electrons. The third kappa shape index (κ3) is 3.23. The van der Waals surface area contributed by atoms with Crippen molar-refractivity contribution in [2.75, 3.05) is 0 Å². The van der Waals surface area contributed by atoms with Gasteiger partial charge in [-0.1, -0.05) is 58.0 Å². The van der Waals surface area contributed by atoms with Gasteiger partial charge in [0.05, 0.1) is 0 Å². The van der Waals surface area contributed by atoms with Gasteiger partial charge in [-0.2, -0.15) is 0 Å². The molecule has 1 heterocycles. The molecular weight excluding hydrogens is 230 g/mol. The van der Waals surface area contributed by atoms with Crippen LogP contribution in [0.25, 0.3) is 11.1 Å². The number of nitrogens with zero attached hydrogens (tertiary/aromatic N) is 1. The first-order chi connectivity index (χ1) is 9.11. The summed E-state index contributed by atoms with van der Waals surface area (Å²) in [5.41, 5.74) is 5.03. The number of hydrogen-bond acceptors (Lipinski definition) is 1. The van der Waals surface area contributed by atoms with Crippen molar-refractivity contribution in [2.45, 2.75) is 46.0 Å². The fraction of sp³-hybridized carbons (Fsp3) is 0.389. The van der Waals surface area contributed by atoms with Crippen LogP contribution in [0.1, 0.15) is 57.2 Å². The van der Waals surface area contributed by atoms with E-state index in [0.29, 0.717) is 11.8 Å². The quantitative estimate of drug-likeness (QED) is 0.712. The molecule has 1 heteroatoms. The summed E-state index contributed by atoms with van der Waals surface area (Å²) < 4.78 is 0. The highest BCUT2D eigenvalue weighted by Crippen LogP contribution is 2.25. The Hall–Kier alpha value is -1.63. The Morgan fingerprint density at radius 1 is 1.00 bits per heavy atom. The summed E-state index contributed by atoms with van der Waals surface area (Å²) in [6.07, 6.45) is 3.14. The molecule has 0 amide bonds. The Bertz CT molecular complexity index is 526. The second-order valence-electron chi connectivity index (χ2n) is 5.56.